The average molecular weight is 1440 g/mol. The number of rotatable bonds is 17. The SMILES string of the molecule is CCN(CC)CC1CC(c2nc(-c3ccc4ccc(-c5ccccc5)nc4c3)c3c(N)nccn23)C1.Nc1nccn2c(C3CC(CN4CCCC4)C3)nc(-c3ccc4ccc(-c5ccccc5)nc4c3)c12.Nc1nccn2c(C3CC(CN4CCOCC4)C3)nc(-c3ccc4ccc(-c5ccccc5)nc4c3)c12. The van der Waals surface area contributed by atoms with Crippen LogP contribution < -0.4 is 17.2 Å². The van der Waals surface area contributed by atoms with E-state index in [1.54, 1.807) is 18.6 Å². The van der Waals surface area contributed by atoms with Gasteiger partial charge in [0.25, 0.3) is 0 Å². The first kappa shape index (κ1) is 69.4. The van der Waals surface area contributed by atoms with Crippen LogP contribution in [0, 0.1) is 17.8 Å². The van der Waals surface area contributed by atoms with E-state index in [1.165, 1.54) is 51.9 Å². The van der Waals surface area contributed by atoms with E-state index in [2.05, 4.69) is 184 Å². The summed E-state index contributed by atoms with van der Waals surface area (Å²) in [6, 6.07) is 62.6. The lowest BCUT2D eigenvalue weighted by molar-refractivity contribution is 0.0214. The summed E-state index contributed by atoms with van der Waals surface area (Å²) in [5, 5.41) is 3.31. The zero-order valence-electron chi connectivity index (χ0n) is 62.0. The van der Waals surface area contributed by atoms with Gasteiger partial charge in [-0.15, -0.1) is 0 Å². The van der Waals surface area contributed by atoms with Crippen molar-refractivity contribution >= 4 is 66.7 Å². The van der Waals surface area contributed by atoms with Crippen LogP contribution in [0.25, 0.3) is 117 Å². The van der Waals surface area contributed by atoms with Crippen LogP contribution in [0.2, 0.25) is 0 Å². The number of hydrogen-bond donors (Lipinski definition) is 3. The molecule has 0 spiro atoms. The third kappa shape index (κ3) is 14.1. The van der Waals surface area contributed by atoms with Crippen molar-refractivity contribution in [3.05, 3.63) is 237 Å². The molecule has 3 aliphatic carbocycles. The third-order valence-electron chi connectivity index (χ3n) is 23.5. The molecule has 6 N–H and O–H groups in total. The predicted molar refractivity (Wildman–Crippen MR) is 438 cm³/mol. The van der Waals surface area contributed by atoms with Crippen molar-refractivity contribution in [2.45, 2.75) is 83.0 Å². The summed E-state index contributed by atoms with van der Waals surface area (Å²) < 4.78 is 12.0. The molecule has 5 aliphatic rings. The highest BCUT2D eigenvalue weighted by Crippen LogP contribution is 2.47. The number of pyridine rings is 3. The third-order valence-corrected chi connectivity index (χ3v) is 23.5. The Morgan fingerprint density at radius 1 is 0.376 bits per heavy atom. The van der Waals surface area contributed by atoms with Crippen LogP contribution in [0.15, 0.2) is 219 Å². The number of aromatic nitrogens is 12. The molecule has 19 heteroatoms. The lowest BCUT2D eigenvalue weighted by atomic mass is 9.74. The maximum atomic E-state index is 6.42. The second kappa shape index (κ2) is 30.4. The van der Waals surface area contributed by atoms with Gasteiger partial charge in [-0.2, -0.15) is 0 Å². The highest BCUT2D eigenvalue weighted by Gasteiger charge is 2.39. The van der Waals surface area contributed by atoms with Crippen molar-refractivity contribution in [1.29, 1.82) is 0 Å². The first-order valence-corrected chi connectivity index (χ1v) is 39.1. The van der Waals surface area contributed by atoms with E-state index in [9.17, 15) is 0 Å². The Morgan fingerprint density at radius 2 is 0.706 bits per heavy atom. The van der Waals surface area contributed by atoms with Crippen molar-refractivity contribution in [3.63, 3.8) is 0 Å². The number of anilines is 3. The van der Waals surface area contributed by atoms with Gasteiger partial charge < -0.3 is 31.7 Å². The fourth-order valence-corrected chi connectivity index (χ4v) is 17.4. The van der Waals surface area contributed by atoms with Crippen LogP contribution >= 0.6 is 0 Å². The summed E-state index contributed by atoms with van der Waals surface area (Å²) in [5.41, 5.74) is 36.7. The molecule has 3 saturated carbocycles. The zero-order chi connectivity index (χ0) is 73.5. The molecule has 548 valence electrons. The van der Waals surface area contributed by atoms with E-state index < -0.39 is 0 Å². The van der Waals surface area contributed by atoms with Crippen molar-refractivity contribution in [3.8, 4) is 67.5 Å². The summed E-state index contributed by atoms with van der Waals surface area (Å²) in [5.74, 6) is 8.36. The van der Waals surface area contributed by atoms with Crippen LogP contribution in [-0.2, 0) is 4.74 Å². The van der Waals surface area contributed by atoms with Crippen molar-refractivity contribution < 1.29 is 4.74 Å². The highest BCUT2D eigenvalue weighted by atomic mass is 16.5. The molecule has 9 aromatic heterocycles. The number of fused-ring (bicyclic) bond motifs is 6. The maximum absolute atomic E-state index is 6.42. The van der Waals surface area contributed by atoms with Gasteiger partial charge >= 0.3 is 0 Å². The van der Waals surface area contributed by atoms with Gasteiger partial charge in [0, 0.05) is 137 Å². The van der Waals surface area contributed by atoms with Crippen molar-refractivity contribution in [2.24, 2.45) is 17.8 Å². The molecule has 0 radical (unpaired) electrons. The second-order valence-electron chi connectivity index (χ2n) is 30.5. The van der Waals surface area contributed by atoms with Gasteiger partial charge in [0.15, 0.2) is 0 Å². The fourth-order valence-electron chi connectivity index (χ4n) is 17.4. The lowest BCUT2D eigenvalue weighted by Crippen LogP contribution is -2.42. The van der Waals surface area contributed by atoms with Crippen molar-refractivity contribution in [1.82, 2.24) is 72.8 Å². The number of nitrogens with zero attached hydrogens (tertiary/aromatic N) is 15. The largest absolute Gasteiger partial charge is 0.382 e. The Labute approximate surface area is 635 Å². The molecule has 0 bridgehead atoms. The second-order valence-corrected chi connectivity index (χ2v) is 30.5. The summed E-state index contributed by atoms with van der Waals surface area (Å²) in [7, 11) is 0. The van der Waals surface area contributed by atoms with E-state index in [0.717, 1.165) is 218 Å². The molecule has 5 fully saturated rings. The average Bonchev–Trinajstić information content (AvgIpc) is 1.61. The van der Waals surface area contributed by atoms with E-state index in [-0.39, 0.29) is 0 Å². The summed E-state index contributed by atoms with van der Waals surface area (Å²) in [6.45, 7) is 16.6. The predicted octanol–water partition coefficient (Wildman–Crippen LogP) is 16.8. The molecule has 109 heavy (non-hydrogen) atoms. The van der Waals surface area contributed by atoms with Gasteiger partial charge in [-0.25, -0.2) is 44.9 Å². The number of nitrogen functional groups attached to an aromatic ring is 3. The standard InChI is InChI=1S/C30H30N6O.C30H30N6.C30H32N6/c31-29-28-27(23-7-6-22-8-9-25(33-26(22)18-23)21-4-2-1-3-5-21)34-30(36(28)11-10-32-29)24-16-20(17-24)19-35-12-14-37-15-13-35;31-29-28-27(23-9-8-22-10-11-25(33-26(22)18-23)21-6-2-1-3-7-21)34-30(36(28)15-12-32-29)24-16-20(17-24)19-35-13-4-5-14-35;1-3-35(4-2)19-20-16-24(17-20)30-34-27(28-29(31)32-14-15-36(28)30)23-11-10-22-12-13-25(33-26(22)18-23)21-8-6-5-7-9-21/h1-11,18,20,24H,12-17,19H2,(H2,31,32);1-3,6-12,15,18,20,24H,4-5,13-14,16-17,19H2,(H2,31,32);5-15,18,20,24H,3-4,16-17,19H2,1-2H3,(H2,31,32). The molecule has 19 nitrogen and oxygen atoms in total. The first-order chi connectivity index (χ1) is 53.6. The van der Waals surface area contributed by atoms with Crippen molar-refractivity contribution in [2.75, 3.05) is 89.3 Å². The number of morpholine rings is 1. The number of hydrogen-bond acceptors (Lipinski definition) is 16. The molecule has 15 aromatic rings. The first-order valence-electron chi connectivity index (χ1n) is 39.1. The summed E-state index contributed by atoms with van der Waals surface area (Å²) in [4.78, 5) is 51.4. The van der Waals surface area contributed by atoms with E-state index in [0.29, 0.717) is 41.1 Å². The zero-order valence-corrected chi connectivity index (χ0v) is 62.0. The smallest absolute Gasteiger partial charge is 0.150 e. The Morgan fingerprint density at radius 3 is 1.06 bits per heavy atom. The number of ether oxygens (including phenoxy) is 1. The topological polar surface area (TPSA) is 226 Å². The quantitative estimate of drug-likeness (QED) is 0.0770. The fraction of sp³-hybridized carbons (Fsp3) is 0.300. The van der Waals surface area contributed by atoms with Gasteiger partial charge in [0.05, 0.1) is 46.8 Å². The summed E-state index contributed by atoms with van der Waals surface area (Å²) >= 11 is 0. The van der Waals surface area contributed by atoms with Crippen LogP contribution in [0.3, 0.4) is 0 Å². The Kier molecular flexibility index (Phi) is 19.3. The Balaban J connectivity index is 0.000000115. The summed E-state index contributed by atoms with van der Waals surface area (Å²) in [6.07, 6.45) is 21.1. The molecule has 0 unspecified atom stereocenters. The maximum Gasteiger partial charge on any atom is 0.150 e. The number of imidazole rings is 3. The van der Waals surface area contributed by atoms with Gasteiger partial charge in [0.1, 0.15) is 68.6 Å². The molecular formula is C90H92N18O. The number of benzene rings is 6. The van der Waals surface area contributed by atoms with Crippen LogP contribution in [-0.4, -0.2) is 145 Å². The monoisotopic (exact) mass is 1440 g/mol. The molecule has 0 amide bonds. The highest BCUT2D eigenvalue weighted by molar-refractivity contribution is 5.94. The number of nitrogens with two attached hydrogens (primary N) is 3. The molecule has 6 aromatic carbocycles. The van der Waals surface area contributed by atoms with Gasteiger partial charge in [0.2, 0.25) is 0 Å². The van der Waals surface area contributed by atoms with Gasteiger partial charge in [-0.3, -0.25) is 18.1 Å². The van der Waals surface area contributed by atoms with E-state index in [4.69, 9.17) is 51.8 Å². The molecule has 20 rings (SSSR count). The molecule has 2 saturated heterocycles. The number of likely N-dealkylation sites (tertiary alicyclic amines) is 1. The Hall–Kier alpha value is -11.4. The van der Waals surface area contributed by atoms with Gasteiger partial charge in [-0.05, 0) is 132 Å². The van der Waals surface area contributed by atoms with E-state index in [1.807, 2.05) is 73.2 Å². The minimum Gasteiger partial charge on any atom is -0.382 e. The lowest BCUT2D eigenvalue weighted by Gasteiger charge is -2.39. The van der Waals surface area contributed by atoms with Gasteiger partial charge in [-0.1, -0.05) is 159 Å². The molecule has 11 heterocycles. The minimum absolute atomic E-state index is 0.428. The normalized spacial score (nSPS) is 19.4. The van der Waals surface area contributed by atoms with E-state index >= 15 is 0 Å². The minimum atomic E-state index is 0.428. The molecule has 2 aliphatic heterocycles. The molecular weight excluding hydrogens is 1350 g/mol. The Bertz CT molecular complexity index is 5530. The van der Waals surface area contributed by atoms with Crippen LogP contribution in [0.5, 0.6) is 0 Å². The van der Waals surface area contributed by atoms with Crippen LogP contribution in [0.4, 0.5) is 17.5 Å². The molecule has 0 atom stereocenters. The van der Waals surface area contributed by atoms with Crippen LogP contribution in [0.1, 0.15) is 100 Å².